The van der Waals surface area contributed by atoms with Gasteiger partial charge in [-0.3, -0.25) is 9.36 Å². The number of nitrogen functional groups attached to an aromatic ring is 1. The molecule has 1 aliphatic rings. The van der Waals surface area contributed by atoms with E-state index in [1.807, 2.05) is 6.92 Å². The highest BCUT2D eigenvalue weighted by Crippen LogP contribution is 2.38. The van der Waals surface area contributed by atoms with Crippen LogP contribution in [0.2, 0.25) is 0 Å². The van der Waals surface area contributed by atoms with Crippen LogP contribution < -0.4 is 16.6 Å². The number of aliphatic hydroxyl groups excluding tert-OH is 1. The number of nitrogens with zero attached hydrogens (tertiary/aromatic N) is 6. The Balaban J connectivity index is 1.65. The predicted molar refractivity (Wildman–Crippen MR) is 129 cm³/mol. The van der Waals surface area contributed by atoms with Gasteiger partial charge in [-0.25, -0.2) is 15.0 Å². The highest BCUT2D eigenvalue weighted by molar-refractivity contribution is 5.84. The molecule has 0 amide bonds. The van der Waals surface area contributed by atoms with Gasteiger partial charge in [0.15, 0.2) is 0 Å². The molecule has 1 saturated carbocycles. The van der Waals surface area contributed by atoms with E-state index in [0.29, 0.717) is 46.0 Å². The molecule has 1 atom stereocenters. The molecular weight excluding hydrogens is 448 g/mol. The molecule has 0 aliphatic heterocycles. The van der Waals surface area contributed by atoms with Crippen molar-refractivity contribution in [1.82, 2.24) is 29.7 Å². The largest absolute Gasteiger partial charge is 0.421 e. The SMILES string of the molecule is CC[C@H](Nc1ncnc(N)c1-c1nnc(C)o1)c1nc2cccc(C#CCO)c2c(=O)n1C1CC1. The van der Waals surface area contributed by atoms with Crippen molar-refractivity contribution in [2.75, 3.05) is 17.7 Å². The van der Waals surface area contributed by atoms with Crippen LogP contribution in [0, 0.1) is 18.8 Å². The molecule has 4 N–H and O–H groups in total. The number of aryl methyl sites for hydroxylation is 1. The molecule has 3 aromatic heterocycles. The van der Waals surface area contributed by atoms with Gasteiger partial charge in [-0.15, -0.1) is 10.2 Å². The lowest BCUT2D eigenvalue weighted by Crippen LogP contribution is -2.29. The molecule has 5 rings (SSSR count). The third kappa shape index (κ3) is 4.20. The molecule has 178 valence electrons. The van der Waals surface area contributed by atoms with Crippen molar-refractivity contribution in [2.45, 2.75) is 45.2 Å². The lowest BCUT2D eigenvalue weighted by Gasteiger charge is -2.23. The molecule has 0 radical (unpaired) electrons. The highest BCUT2D eigenvalue weighted by atomic mass is 16.4. The smallest absolute Gasteiger partial charge is 0.262 e. The van der Waals surface area contributed by atoms with E-state index >= 15 is 0 Å². The molecule has 0 spiro atoms. The van der Waals surface area contributed by atoms with Crippen LogP contribution in [0.1, 0.15) is 55.5 Å². The Morgan fingerprint density at radius 3 is 2.83 bits per heavy atom. The Labute approximate surface area is 200 Å². The van der Waals surface area contributed by atoms with E-state index in [0.717, 1.165) is 12.8 Å². The number of hydrogen-bond donors (Lipinski definition) is 3. The fourth-order valence-electron chi connectivity index (χ4n) is 4.06. The molecule has 1 aromatic carbocycles. The first-order chi connectivity index (χ1) is 17.0. The summed E-state index contributed by atoms with van der Waals surface area (Å²) >= 11 is 0. The zero-order chi connectivity index (χ0) is 24.5. The minimum atomic E-state index is -0.364. The molecule has 0 unspecified atom stereocenters. The maximum absolute atomic E-state index is 13.7. The van der Waals surface area contributed by atoms with Crippen molar-refractivity contribution < 1.29 is 9.52 Å². The second kappa shape index (κ2) is 9.15. The zero-order valence-corrected chi connectivity index (χ0v) is 19.3. The van der Waals surface area contributed by atoms with E-state index in [1.165, 1.54) is 6.33 Å². The molecule has 3 heterocycles. The van der Waals surface area contributed by atoms with Crippen molar-refractivity contribution in [2.24, 2.45) is 0 Å². The normalized spacial score (nSPS) is 13.9. The summed E-state index contributed by atoms with van der Waals surface area (Å²) in [4.78, 5) is 27.1. The summed E-state index contributed by atoms with van der Waals surface area (Å²) in [6, 6.07) is 5.07. The van der Waals surface area contributed by atoms with Gasteiger partial charge in [0.1, 0.15) is 36.0 Å². The van der Waals surface area contributed by atoms with Gasteiger partial charge >= 0.3 is 0 Å². The monoisotopic (exact) mass is 472 g/mol. The number of nitrogens with one attached hydrogen (secondary N) is 1. The summed E-state index contributed by atoms with van der Waals surface area (Å²) in [5, 5.41) is 20.9. The van der Waals surface area contributed by atoms with Crippen molar-refractivity contribution in [3.8, 4) is 23.3 Å². The first-order valence-corrected chi connectivity index (χ1v) is 11.3. The standard InChI is InChI=1S/C24H24N8O3/c1-3-16(28-21-19(20(25)26-12-27-21)23-31-30-13(2)35-23)22-29-17-8-4-6-14(7-5-11-33)18(17)24(34)32(22)15-9-10-15/h4,6,8,12,15-16,33H,3,9-11H2,1-2H3,(H3,25,26,27,28)/t16-/m0/s1. The van der Waals surface area contributed by atoms with E-state index in [4.69, 9.17) is 20.2 Å². The quantitative estimate of drug-likeness (QED) is 0.356. The number of aliphatic hydroxyl groups is 1. The topological polar surface area (TPSA) is 158 Å². The van der Waals surface area contributed by atoms with E-state index in [9.17, 15) is 4.79 Å². The number of anilines is 2. The second-order valence-corrected chi connectivity index (χ2v) is 8.25. The summed E-state index contributed by atoms with van der Waals surface area (Å²) in [6.45, 7) is 3.39. The Morgan fingerprint density at radius 1 is 1.31 bits per heavy atom. The van der Waals surface area contributed by atoms with Gasteiger partial charge in [-0.2, -0.15) is 0 Å². The molecule has 11 heteroatoms. The maximum atomic E-state index is 13.7. The molecular formula is C24H24N8O3. The summed E-state index contributed by atoms with van der Waals surface area (Å²) in [5.41, 5.74) is 7.48. The van der Waals surface area contributed by atoms with Gasteiger partial charge in [0.25, 0.3) is 11.4 Å². The number of nitrogens with two attached hydrogens (primary N) is 1. The average molecular weight is 473 g/mol. The molecule has 11 nitrogen and oxygen atoms in total. The van der Waals surface area contributed by atoms with Crippen LogP contribution in [0.3, 0.4) is 0 Å². The number of hydrogen-bond acceptors (Lipinski definition) is 10. The van der Waals surface area contributed by atoms with Crippen LogP contribution in [-0.4, -0.2) is 41.4 Å². The lowest BCUT2D eigenvalue weighted by molar-refractivity contribution is 0.350. The van der Waals surface area contributed by atoms with E-state index < -0.39 is 0 Å². The molecule has 1 fully saturated rings. The number of aromatic nitrogens is 6. The number of fused-ring (bicyclic) bond motifs is 1. The van der Waals surface area contributed by atoms with Crippen LogP contribution in [0.25, 0.3) is 22.4 Å². The van der Waals surface area contributed by atoms with Crippen molar-refractivity contribution in [3.05, 3.63) is 52.2 Å². The molecule has 1 aliphatic carbocycles. The molecule has 4 aromatic rings. The summed E-state index contributed by atoms with van der Waals surface area (Å²) < 4.78 is 7.34. The molecule has 35 heavy (non-hydrogen) atoms. The Bertz CT molecular complexity index is 1530. The summed E-state index contributed by atoms with van der Waals surface area (Å²) in [7, 11) is 0. The first-order valence-electron chi connectivity index (χ1n) is 11.3. The third-order valence-electron chi connectivity index (χ3n) is 5.82. The Morgan fingerprint density at radius 2 is 2.14 bits per heavy atom. The molecule has 0 saturated heterocycles. The van der Waals surface area contributed by atoms with Crippen LogP contribution in [0.4, 0.5) is 11.6 Å². The average Bonchev–Trinajstić information content (AvgIpc) is 3.60. The van der Waals surface area contributed by atoms with Crippen LogP contribution in [-0.2, 0) is 0 Å². The molecule has 0 bridgehead atoms. The van der Waals surface area contributed by atoms with Gasteiger partial charge < -0.3 is 20.6 Å². The Kier molecular flexibility index (Phi) is 5.88. The highest BCUT2D eigenvalue weighted by Gasteiger charge is 2.32. The van der Waals surface area contributed by atoms with Crippen LogP contribution >= 0.6 is 0 Å². The second-order valence-electron chi connectivity index (χ2n) is 8.25. The lowest BCUT2D eigenvalue weighted by atomic mass is 10.1. The minimum Gasteiger partial charge on any atom is -0.421 e. The van der Waals surface area contributed by atoms with Gasteiger partial charge in [0.2, 0.25) is 5.89 Å². The fraction of sp³-hybridized carbons (Fsp3) is 0.333. The number of rotatable bonds is 6. The van der Waals surface area contributed by atoms with Gasteiger partial charge in [0, 0.05) is 18.5 Å². The van der Waals surface area contributed by atoms with Crippen LogP contribution in [0.15, 0.2) is 33.7 Å². The van der Waals surface area contributed by atoms with Gasteiger partial charge in [0.05, 0.1) is 16.9 Å². The Hall–Kier alpha value is -4.30. The third-order valence-corrected chi connectivity index (χ3v) is 5.82. The van der Waals surface area contributed by atoms with Crippen molar-refractivity contribution in [3.63, 3.8) is 0 Å². The fourth-order valence-corrected chi connectivity index (χ4v) is 4.06. The summed E-state index contributed by atoms with van der Waals surface area (Å²) in [5.74, 6) is 7.31. The zero-order valence-electron chi connectivity index (χ0n) is 19.3. The van der Waals surface area contributed by atoms with Crippen LogP contribution in [0.5, 0.6) is 0 Å². The van der Waals surface area contributed by atoms with E-state index in [1.54, 1.807) is 29.7 Å². The van der Waals surface area contributed by atoms with Crippen molar-refractivity contribution >= 4 is 22.5 Å². The van der Waals surface area contributed by atoms with Gasteiger partial charge in [-0.1, -0.05) is 24.8 Å². The minimum absolute atomic E-state index is 0.0673. The summed E-state index contributed by atoms with van der Waals surface area (Å²) in [6.07, 6.45) is 3.76. The maximum Gasteiger partial charge on any atom is 0.262 e. The first kappa shape index (κ1) is 22.5. The van der Waals surface area contributed by atoms with Crippen molar-refractivity contribution in [1.29, 1.82) is 0 Å². The van der Waals surface area contributed by atoms with E-state index in [-0.39, 0.29) is 36.0 Å². The predicted octanol–water partition coefficient (Wildman–Crippen LogP) is 2.37. The van der Waals surface area contributed by atoms with E-state index in [2.05, 4.69) is 37.3 Å². The van der Waals surface area contributed by atoms with Gasteiger partial charge in [-0.05, 0) is 31.4 Å². The number of benzene rings is 1.